The summed E-state index contributed by atoms with van der Waals surface area (Å²) >= 11 is 0. The Morgan fingerprint density at radius 3 is 2.05 bits per heavy atom. The van der Waals surface area contributed by atoms with Crippen molar-refractivity contribution in [2.45, 2.75) is 38.2 Å². The van der Waals surface area contributed by atoms with Gasteiger partial charge in [0.1, 0.15) is 11.6 Å². The van der Waals surface area contributed by atoms with Crippen LogP contribution in [0.5, 0.6) is 5.75 Å². The van der Waals surface area contributed by atoms with Gasteiger partial charge in [-0.2, -0.15) is 13.2 Å². The van der Waals surface area contributed by atoms with Crippen LogP contribution in [0.15, 0.2) is 54.6 Å². The van der Waals surface area contributed by atoms with E-state index in [9.17, 15) is 26.3 Å². The molecule has 2 unspecified atom stereocenters. The molecule has 1 aliphatic heterocycles. The molecule has 0 N–H and O–H groups in total. The first-order valence-electron chi connectivity index (χ1n) is 12.1. The summed E-state index contributed by atoms with van der Waals surface area (Å²) in [5.74, 6) is 3.24. The average molecular weight is 563 g/mol. The highest BCUT2D eigenvalue weighted by Gasteiger charge is 2.44. The number of ether oxygens (including phenoxy) is 1. The van der Waals surface area contributed by atoms with E-state index in [4.69, 9.17) is 0 Å². The normalized spacial score (nSPS) is 18.7. The van der Waals surface area contributed by atoms with Crippen molar-refractivity contribution >= 4 is 12.4 Å². The Kier molecular flexibility index (Phi) is 9.69. The average Bonchev–Trinajstić information content (AvgIpc) is 3.28. The number of halogens is 7. The van der Waals surface area contributed by atoms with Gasteiger partial charge in [-0.1, -0.05) is 30.3 Å². The molecule has 2 aromatic carbocycles. The van der Waals surface area contributed by atoms with Gasteiger partial charge < -0.3 is 14.2 Å². The second-order valence-electron chi connectivity index (χ2n) is 9.41. The fraction of sp³-hybridized carbons (Fsp3) is 0.462. The second-order valence-corrected chi connectivity index (χ2v) is 9.41. The fourth-order valence-corrected chi connectivity index (χ4v) is 4.56. The van der Waals surface area contributed by atoms with E-state index in [1.54, 1.807) is 18.2 Å². The van der Waals surface area contributed by atoms with E-state index in [0.29, 0.717) is 11.4 Å². The van der Waals surface area contributed by atoms with Crippen LogP contribution in [0.25, 0.3) is 11.4 Å². The van der Waals surface area contributed by atoms with Crippen molar-refractivity contribution in [3.63, 3.8) is 0 Å². The van der Waals surface area contributed by atoms with E-state index in [-0.39, 0.29) is 18.2 Å². The molecular weight excluding hydrogens is 534 g/mol. The molecule has 208 valence electrons. The van der Waals surface area contributed by atoms with Crippen LogP contribution in [0.4, 0.5) is 26.3 Å². The van der Waals surface area contributed by atoms with Gasteiger partial charge in [0.2, 0.25) is 0 Å². The fourth-order valence-electron chi connectivity index (χ4n) is 4.56. The SMILES string of the molecule is Cl.Cn1c(CCCCN2CC3CC3C2)nnc1-c1ccc(OC(F)(F)F)cc1.FC(F)(F)c1ccccc1. The summed E-state index contributed by atoms with van der Waals surface area (Å²) in [5.41, 5.74) is 0.108. The largest absolute Gasteiger partial charge is 0.573 e. The summed E-state index contributed by atoms with van der Waals surface area (Å²) in [6.45, 7) is 3.69. The Bertz CT molecular complexity index is 1140. The van der Waals surface area contributed by atoms with E-state index in [1.165, 1.54) is 43.8 Å². The van der Waals surface area contributed by atoms with E-state index >= 15 is 0 Å². The standard InChI is InChI=1S/C19H23F3N4O.C7H5F3.ClH/c1-25-17(4-2-3-9-26-11-14-10-15(14)12-26)23-24-18(25)13-5-7-16(8-6-13)27-19(20,21)22;8-7(9,10)6-4-2-1-3-5-6;/h5-8,14-15H,2-4,9-12H2,1H3;1-5H;1H. The first-order valence-corrected chi connectivity index (χ1v) is 12.1. The Morgan fingerprint density at radius 2 is 1.50 bits per heavy atom. The van der Waals surface area contributed by atoms with Gasteiger partial charge in [0.25, 0.3) is 0 Å². The summed E-state index contributed by atoms with van der Waals surface area (Å²) in [5, 5.41) is 8.45. The number of hydrogen-bond donors (Lipinski definition) is 0. The van der Waals surface area contributed by atoms with E-state index in [2.05, 4.69) is 19.8 Å². The van der Waals surface area contributed by atoms with Crippen molar-refractivity contribution in [1.82, 2.24) is 19.7 Å². The molecule has 5 nitrogen and oxygen atoms in total. The van der Waals surface area contributed by atoms with Gasteiger partial charge >= 0.3 is 12.5 Å². The van der Waals surface area contributed by atoms with Crippen LogP contribution in [-0.2, 0) is 19.6 Å². The third kappa shape index (κ3) is 8.36. The van der Waals surface area contributed by atoms with Gasteiger partial charge in [-0.15, -0.1) is 35.8 Å². The number of hydrogen-bond acceptors (Lipinski definition) is 4. The van der Waals surface area contributed by atoms with E-state index < -0.39 is 18.1 Å². The molecule has 0 amide bonds. The maximum atomic E-state index is 12.2. The summed E-state index contributed by atoms with van der Waals surface area (Å²) in [4.78, 5) is 2.56. The van der Waals surface area contributed by atoms with E-state index in [1.807, 2.05) is 11.6 Å². The Labute approximate surface area is 223 Å². The molecule has 1 saturated heterocycles. The first kappa shape index (κ1) is 29.8. The van der Waals surface area contributed by atoms with Crippen molar-refractivity contribution in [3.8, 4) is 17.1 Å². The topological polar surface area (TPSA) is 43.2 Å². The van der Waals surface area contributed by atoms with Crippen molar-refractivity contribution in [1.29, 1.82) is 0 Å². The Balaban J connectivity index is 0.000000308. The maximum Gasteiger partial charge on any atom is 0.573 e. The molecule has 2 atom stereocenters. The molecule has 1 aromatic heterocycles. The van der Waals surface area contributed by atoms with Gasteiger partial charge in [0.15, 0.2) is 5.82 Å². The Morgan fingerprint density at radius 1 is 0.868 bits per heavy atom. The molecule has 1 saturated carbocycles. The van der Waals surface area contributed by atoms with Crippen LogP contribution in [0.3, 0.4) is 0 Å². The molecule has 2 heterocycles. The molecule has 0 spiro atoms. The van der Waals surface area contributed by atoms with Crippen molar-refractivity contribution in [2.24, 2.45) is 18.9 Å². The molecule has 5 rings (SSSR count). The molecule has 38 heavy (non-hydrogen) atoms. The van der Waals surface area contributed by atoms with E-state index in [0.717, 1.165) is 55.6 Å². The minimum Gasteiger partial charge on any atom is -0.406 e. The van der Waals surface area contributed by atoms with Crippen LogP contribution >= 0.6 is 12.4 Å². The predicted molar refractivity (Wildman–Crippen MR) is 133 cm³/mol. The molecule has 2 fully saturated rings. The maximum absolute atomic E-state index is 12.2. The lowest BCUT2D eigenvalue weighted by molar-refractivity contribution is -0.274. The van der Waals surface area contributed by atoms with Crippen LogP contribution in [0.1, 0.15) is 30.7 Å². The van der Waals surface area contributed by atoms with Gasteiger partial charge in [-0.25, -0.2) is 0 Å². The number of likely N-dealkylation sites (tertiary alicyclic amines) is 1. The summed E-state index contributed by atoms with van der Waals surface area (Å²) < 4.78 is 77.9. The zero-order valence-electron chi connectivity index (χ0n) is 20.7. The first-order chi connectivity index (χ1) is 17.5. The zero-order valence-corrected chi connectivity index (χ0v) is 21.5. The number of fused-ring (bicyclic) bond motifs is 1. The summed E-state index contributed by atoms with van der Waals surface area (Å²) in [7, 11) is 1.89. The van der Waals surface area contributed by atoms with Gasteiger partial charge in [-0.3, -0.25) is 0 Å². The van der Waals surface area contributed by atoms with Crippen molar-refractivity contribution < 1.29 is 31.1 Å². The second kappa shape index (κ2) is 12.4. The van der Waals surface area contributed by atoms with Gasteiger partial charge in [0, 0.05) is 32.1 Å². The molecule has 0 bridgehead atoms. The van der Waals surface area contributed by atoms with Gasteiger partial charge in [-0.05, 0) is 61.9 Å². The third-order valence-corrected chi connectivity index (χ3v) is 6.59. The Hall–Kier alpha value is -2.79. The molecule has 12 heteroatoms. The number of nitrogens with zero attached hydrogens (tertiary/aromatic N) is 4. The van der Waals surface area contributed by atoms with Crippen LogP contribution in [0, 0.1) is 11.8 Å². The summed E-state index contributed by atoms with van der Waals surface area (Å²) in [6.07, 6.45) is -4.42. The molecule has 2 aliphatic rings. The zero-order chi connectivity index (χ0) is 26.6. The quantitative estimate of drug-likeness (QED) is 0.235. The third-order valence-electron chi connectivity index (χ3n) is 6.59. The van der Waals surface area contributed by atoms with Crippen molar-refractivity contribution in [2.75, 3.05) is 19.6 Å². The number of rotatable bonds is 7. The smallest absolute Gasteiger partial charge is 0.406 e. The molecule has 3 aromatic rings. The van der Waals surface area contributed by atoms with Gasteiger partial charge in [0.05, 0.1) is 5.56 Å². The highest BCUT2D eigenvalue weighted by Crippen LogP contribution is 2.44. The molecular formula is C26H29ClF6N4O. The van der Waals surface area contributed by atoms with Crippen LogP contribution in [0.2, 0.25) is 0 Å². The number of unbranched alkanes of at least 4 members (excludes halogenated alkanes) is 1. The molecule has 1 aliphatic carbocycles. The molecule has 0 radical (unpaired) electrons. The minimum atomic E-state index is -4.69. The number of alkyl halides is 6. The predicted octanol–water partition coefficient (Wildman–Crippen LogP) is 6.78. The van der Waals surface area contributed by atoms with Crippen LogP contribution < -0.4 is 4.74 Å². The van der Waals surface area contributed by atoms with Crippen molar-refractivity contribution in [3.05, 3.63) is 66.0 Å². The monoisotopic (exact) mass is 562 g/mol. The van der Waals surface area contributed by atoms with Crippen LogP contribution in [-0.4, -0.2) is 45.7 Å². The highest BCUT2D eigenvalue weighted by molar-refractivity contribution is 5.85. The summed E-state index contributed by atoms with van der Waals surface area (Å²) in [6, 6.07) is 12.1. The number of benzene rings is 2. The number of piperidine rings is 1. The lowest BCUT2D eigenvalue weighted by Gasteiger charge is -2.16. The lowest BCUT2D eigenvalue weighted by atomic mass is 10.2. The number of aromatic nitrogens is 3. The number of aryl methyl sites for hydroxylation is 1. The minimum absolute atomic E-state index is 0. The lowest BCUT2D eigenvalue weighted by Crippen LogP contribution is -2.23. The highest BCUT2D eigenvalue weighted by atomic mass is 35.5.